The molecule has 2 aromatic carbocycles. The minimum absolute atomic E-state index is 0.00950. The van der Waals surface area contributed by atoms with E-state index >= 15 is 0 Å². The van der Waals surface area contributed by atoms with E-state index in [0.29, 0.717) is 54.4 Å². The number of unbranched alkanes of at least 4 members (excludes halogenated alkanes) is 2. The first-order valence-corrected chi connectivity index (χ1v) is 12.4. The fourth-order valence-electron chi connectivity index (χ4n) is 4.28. The first-order chi connectivity index (χ1) is 17.6. The molecule has 0 saturated heterocycles. The van der Waals surface area contributed by atoms with Crippen LogP contribution in [0.1, 0.15) is 91.1 Å². The van der Waals surface area contributed by atoms with Crippen LogP contribution in [0.15, 0.2) is 24.3 Å². The summed E-state index contributed by atoms with van der Waals surface area (Å²) in [5, 5.41) is 19.3. The van der Waals surface area contributed by atoms with E-state index in [1.807, 2.05) is 13.8 Å². The Morgan fingerprint density at radius 1 is 0.973 bits per heavy atom. The first-order valence-electron chi connectivity index (χ1n) is 12.4. The Bertz CT molecular complexity index is 1150. The maximum absolute atomic E-state index is 12.2. The number of aryl methyl sites for hydroxylation is 1. The summed E-state index contributed by atoms with van der Waals surface area (Å²) in [6.07, 6.45) is 0.878. The summed E-state index contributed by atoms with van der Waals surface area (Å²) < 4.78 is 22.1. The third-order valence-electron chi connectivity index (χ3n) is 6.12. The minimum atomic E-state index is -1.40. The molecule has 1 unspecified atom stereocenters. The quantitative estimate of drug-likeness (QED) is 0.202. The van der Waals surface area contributed by atoms with Crippen molar-refractivity contribution in [3.05, 3.63) is 46.5 Å². The van der Waals surface area contributed by atoms with Crippen LogP contribution in [0.5, 0.6) is 23.0 Å². The van der Waals surface area contributed by atoms with Gasteiger partial charge in [0.15, 0.2) is 11.6 Å². The second kappa shape index (κ2) is 12.5. The summed E-state index contributed by atoms with van der Waals surface area (Å²) in [5.41, 5.74) is 2.18. The van der Waals surface area contributed by atoms with Crippen LogP contribution in [-0.2, 0) is 11.2 Å². The van der Waals surface area contributed by atoms with Gasteiger partial charge in [-0.2, -0.15) is 0 Å². The Kier molecular flexibility index (Phi) is 9.38. The molecule has 0 fully saturated rings. The molecule has 1 aliphatic heterocycles. The number of ketones is 2. The molecule has 0 bridgehead atoms. The molecular formula is C28H34O9. The highest BCUT2D eigenvalue weighted by molar-refractivity contribution is 5.98. The molecule has 0 spiro atoms. The molecule has 1 aliphatic rings. The van der Waals surface area contributed by atoms with Crippen molar-refractivity contribution in [2.45, 2.75) is 72.0 Å². The largest absolute Gasteiger partial charge is 0.508 e. The number of carbonyl (C=O) groups is 3. The van der Waals surface area contributed by atoms with Gasteiger partial charge in [-0.1, -0.05) is 13.8 Å². The van der Waals surface area contributed by atoms with E-state index in [9.17, 15) is 19.5 Å². The zero-order valence-corrected chi connectivity index (χ0v) is 21.7. The van der Waals surface area contributed by atoms with E-state index in [2.05, 4.69) is 0 Å². The number of Topliss-reactive ketones (excluding diaryl/α,β-unsaturated/α-hetero) is 2. The molecule has 0 amide bonds. The molecule has 2 aromatic rings. The van der Waals surface area contributed by atoms with Gasteiger partial charge in [-0.15, -0.1) is 0 Å². The van der Waals surface area contributed by atoms with Crippen molar-refractivity contribution in [2.24, 2.45) is 0 Å². The molecule has 9 nitrogen and oxygen atoms in total. The number of phenolic OH excluding ortho intramolecular Hbond substituents is 1. The second-order valence-electron chi connectivity index (χ2n) is 9.32. The van der Waals surface area contributed by atoms with E-state index in [1.165, 1.54) is 13.8 Å². The van der Waals surface area contributed by atoms with Gasteiger partial charge in [-0.05, 0) is 69.2 Å². The lowest BCUT2D eigenvalue weighted by Crippen LogP contribution is -2.28. The SMILES string of the molecule is CC(=O)c1cc2c(cc1OCCCCCOc1ccc(C(C)=O)c(O)c1C(C)C)OC(OC(=O)O)CC2. The predicted molar refractivity (Wildman–Crippen MR) is 135 cm³/mol. The van der Waals surface area contributed by atoms with E-state index in [4.69, 9.17) is 24.1 Å². The maximum atomic E-state index is 12.2. The van der Waals surface area contributed by atoms with Crippen LogP contribution in [0, 0.1) is 0 Å². The van der Waals surface area contributed by atoms with Crippen LogP contribution >= 0.6 is 0 Å². The molecule has 3 rings (SSSR count). The number of ether oxygens (including phenoxy) is 4. The fraction of sp³-hybridized carbons (Fsp3) is 0.464. The summed E-state index contributed by atoms with van der Waals surface area (Å²) >= 11 is 0. The lowest BCUT2D eigenvalue weighted by Gasteiger charge is -2.26. The van der Waals surface area contributed by atoms with Crippen molar-refractivity contribution in [3.8, 4) is 23.0 Å². The van der Waals surface area contributed by atoms with Crippen molar-refractivity contribution in [3.63, 3.8) is 0 Å². The number of carbonyl (C=O) groups excluding carboxylic acids is 2. The average molecular weight is 515 g/mol. The molecule has 1 atom stereocenters. The predicted octanol–water partition coefficient (Wildman–Crippen LogP) is 5.89. The van der Waals surface area contributed by atoms with E-state index in [0.717, 1.165) is 24.8 Å². The van der Waals surface area contributed by atoms with Gasteiger partial charge in [-0.3, -0.25) is 9.59 Å². The Hall–Kier alpha value is -3.75. The first kappa shape index (κ1) is 27.8. The summed E-state index contributed by atoms with van der Waals surface area (Å²) in [7, 11) is 0. The Morgan fingerprint density at radius 3 is 2.22 bits per heavy atom. The van der Waals surface area contributed by atoms with Crippen LogP contribution in [0.4, 0.5) is 4.79 Å². The Morgan fingerprint density at radius 2 is 1.62 bits per heavy atom. The van der Waals surface area contributed by atoms with Gasteiger partial charge in [0.25, 0.3) is 0 Å². The molecule has 37 heavy (non-hydrogen) atoms. The monoisotopic (exact) mass is 514 g/mol. The molecule has 200 valence electrons. The minimum Gasteiger partial charge on any atom is -0.507 e. The summed E-state index contributed by atoms with van der Waals surface area (Å²) in [6, 6.07) is 6.66. The zero-order chi connectivity index (χ0) is 27.1. The van der Waals surface area contributed by atoms with Gasteiger partial charge in [0, 0.05) is 18.1 Å². The van der Waals surface area contributed by atoms with Crippen molar-refractivity contribution in [1.29, 1.82) is 0 Å². The number of rotatable bonds is 12. The van der Waals surface area contributed by atoms with Crippen molar-refractivity contribution >= 4 is 17.7 Å². The van der Waals surface area contributed by atoms with Crippen LogP contribution in [0.3, 0.4) is 0 Å². The molecule has 0 aliphatic carbocycles. The van der Waals surface area contributed by atoms with Gasteiger partial charge in [-0.25, -0.2) is 4.79 Å². The highest BCUT2D eigenvalue weighted by Crippen LogP contribution is 2.38. The zero-order valence-electron chi connectivity index (χ0n) is 21.7. The molecular weight excluding hydrogens is 480 g/mol. The number of carboxylic acid groups (broad SMARTS) is 1. The lowest BCUT2D eigenvalue weighted by molar-refractivity contribution is -0.0635. The fourth-order valence-corrected chi connectivity index (χ4v) is 4.28. The Balaban J connectivity index is 1.52. The van der Waals surface area contributed by atoms with Gasteiger partial charge in [0.2, 0.25) is 6.29 Å². The third kappa shape index (κ3) is 7.15. The van der Waals surface area contributed by atoms with Crippen molar-refractivity contribution in [1.82, 2.24) is 0 Å². The van der Waals surface area contributed by atoms with E-state index in [1.54, 1.807) is 24.3 Å². The van der Waals surface area contributed by atoms with Gasteiger partial charge < -0.3 is 29.2 Å². The standard InChI is InChI=1S/C28H34O9/c1-16(2)26-22(10-9-20(17(3)29)27(26)31)34-12-6-5-7-13-35-24-15-23-19(14-21(24)18(4)30)8-11-25(36-23)37-28(32)33/h9-10,14-16,25,31H,5-8,11-13H2,1-4H3,(H,32,33). The van der Waals surface area contributed by atoms with E-state index in [-0.39, 0.29) is 28.8 Å². The topological polar surface area (TPSA) is 129 Å². The van der Waals surface area contributed by atoms with Crippen LogP contribution < -0.4 is 14.2 Å². The number of phenols is 1. The number of fused-ring (bicyclic) bond motifs is 1. The highest BCUT2D eigenvalue weighted by Gasteiger charge is 2.25. The average Bonchev–Trinajstić information content (AvgIpc) is 2.81. The van der Waals surface area contributed by atoms with Crippen LogP contribution in [0.25, 0.3) is 0 Å². The normalized spacial score (nSPS) is 14.5. The maximum Gasteiger partial charge on any atom is 0.508 e. The molecule has 2 N–H and O–H groups in total. The summed E-state index contributed by atoms with van der Waals surface area (Å²) in [5.74, 6) is 1.05. The molecule has 0 radical (unpaired) electrons. The molecule has 0 saturated carbocycles. The number of benzene rings is 2. The van der Waals surface area contributed by atoms with Gasteiger partial charge in [0.1, 0.15) is 23.0 Å². The molecule has 0 aromatic heterocycles. The number of hydrogen-bond acceptors (Lipinski definition) is 8. The number of hydrogen-bond donors (Lipinski definition) is 2. The summed E-state index contributed by atoms with van der Waals surface area (Å²) in [6.45, 7) is 7.57. The van der Waals surface area contributed by atoms with Crippen LogP contribution in [-0.4, -0.2) is 47.4 Å². The Labute approximate surface area is 216 Å². The van der Waals surface area contributed by atoms with Crippen molar-refractivity contribution < 1.29 is 43.5 Å². The second-order valence-corrected chi connectivity index (χ2v) is 9.32. The molecule has 1 heterocycles. The lowest BCUT2D eigenvalue weighted by atomic mass is 9.96. The van der Waals surface area contributed by atoms with Gasteiger partial charge >= 0.3 is 6.16 Å². The van der Waals surface area contributed by atoms with Gasteiger partial charge in [0.05, 0.1) is 24.3 Å². The van der Waals surface area contributed by atoms with Crippen LogP contribution in [0.2, 0.25) is 0 Å². The molecule has 9 heteroatoms. The smallest absolute Gasteiger partial charge is 0.507 e. The van der Waals surface area contributed by atoms with Crippen molar-refractivity contribution in [2.75, 3.05) is 13.2 Å². The number of aromatic hydroxyl groups is 1. The van der Waals surface area contributed by atoms with E-state index < -0.39 is 12.4 Å². The third-order valence-corrected chi connectivity index (χ3v) is 6.12. The summed E-state index contributed by atoms with van der Waals surface area (Å²) in [4.78, 5) is 34.7. The highest BCUT2D eigenvalue weighted by atomic mass is 16.8.